The van der Waals surface area contributed by atoms with E-state index in [4.69, 9.17) is 4.74 Å². The maximum atomic E-state index is 13.9. The summed E-state index contributed by atoms with van der Waals surface area (Å²) in [6.45, 7) is 4.34. The molecule has 1 aliphatic heterocycles. The Labute approximate surface area is 141 Å². The number of rotatable bonds is 3. The lowest BCUT2D eigenvalue weighted by molar-refractivity contribution is 0.0746. The SMILES string of the molecule is COc1ccc(C(=O)N2CCN(c3ccccc3F)CC2)cc1C. The predicted octanol–water partition coefficient (Wildman–Crippen LogP) is 3.11. The molecule has 3 rings (SSSR count). The molecule has 0 aromatic heterocycles. The summed E-state index contributed by atoms with van der Waals surface area (Å²) in [7, 11) is 1.62. The van der Waals surface area contributed by atoms with Gasteiger partial charge in [-0.05, 0) is 42.8 Å². The predicted molar refractivity (Wildman–Crippen MR) is 92.2 cm³/mol. The van der Waals surface area contributed by atoms with Gasteiger partial charge in [0.25, 0.3) is 5.91 Å². The summed E-state index contributed by atoms with van der Waals surface area (Å²) >= 11 is 0. The van der Waals surface area contributed by atoms with Crippen LogP contribution in [0.2, 0.25) is 0 Å². The number of hydrogen-bond acceptors (Lipinski definition) is 3. The van der Waals surface area contributed by atoms with Crippen LogP contribution in [-0.4, -0.2) is 44.1 Å². The van der Waals surface area contributed by atoms with Crippen LogP contribution < -0.4 is 9.64 Å². The van der Waals surface area contributed by atoms with Crippen molar-refractivity contribution < 1.29 is 13.9 Å². The molecule has 0 radical (unpaired) electrons. The Balaban J connectivity index is 1.67. The highest BCUT2D eigenvalue weighted by Gasteiger charge is 2.23. The van der Waals surface area contributed by atoms with Crippen LogP contribution in [-0.2, 0) is 0 Å². The number of benzene rings is 2. The summed E-state index contributed by atoms with van der Waals surface area (Å²) < 4.78 is 19.1. The summed E-state index contributed by atoms with van der Waals surface area (Å²) in [6, 6.07) is 12.2. The number of nitrogens with zero attached hydrogens (tertiary/aromatic N) is 2. The van der Waals surface area contributed by atoms with Crippen LogP contribution in [0.5, 0.6) is 5.75 Å². The van der Waals surface area contributed by atoms with Crippen LogP contribution in [0.4, 0.5) is 10.1 Å². The molecule has 126 valence electrons. The van der Waals surface area contributed by atoms with E-state index in [0.29, 0.717) is 37.4 Å². The Kier molecular flexibility index (Phi) is 4.69. The van der Waals surface area contributed by atoms with Gasteiger partial charge in [0.1, 0.15) is 11.6 Å². The molecule has 4 nitrogen and oxygen atoms in total. The molecule has 1 fully saturated rings. The zero-order valence-electron chi connectivity index (χ0n) is 14.0. The van der Waals surface area contributed by atoms with Crippen molar-refractivity contribution in [3.63, 3.8) is 0 Å². The van der Waals surface area contributed by atoms with Crippen LogP contribution in [0.3, 0.4) is 0 Å². The molecule has 1 aliphatic rings. The fourth-order valence-corrected chi connectivity index (χ4v) is 3.05. The first-order valence-electron chi connectivity index (χ1n) is 8.03. The van der Waals surface area contributed by atoms with Gasteiger partial charge in [0.05, 0.1) is 12.8 Å². The second-order valence-electron chi connectivity index (χ2n) is 5.92. The lowest BCUT2D eigenvalue weighted by Gasteiger charge is -2.36. The lowest BCUT2D eigenvalue weighted by Crippen LogP contribution is -2.49. The second-order valence-corrected chi connectivity index (χ2v) is 5.92. The van der Waals surface area contributed by atoms with Gasteiger partial charge in [0.15, 0.2) is 0 Å². The van der Waals surface area contributed by atoms with E-state index >= 15 is 0 Å². The lowest BCUT2D eigenvalue weighted by atomic mass is 10.1. The number of halogens is 1. The zero-order valence-corrected chi connectivity index (χ0v) is 14.0. The van der Waals surface area contributed by atoms with Crippen molar-refractivity contribution in [1.29, 1.82) is 0 Å². The van der Waals surface area contributed by atoms with E-state index in [0.717, 1.165) is 11.3 Å². The highest BCUT2D eigenvalue weighted by Crippen LogP contribution is 2.22. The Morgan fingerprint density at radius 1 is 1.08 bits per heavy atom. The smallest absolute Gasteiger partial charge is 0.253 e. The number of carbonyl (C=O) groups excluding carboxylic acids is 1. The van der Waals surface area contributed by atoms with Crippen LogP contribution in [0.15, 0.2) is 42.5 Å². The maximum Gasteiger partial charge on any atom is 0.253 e. The van der Waals surface area contributed by atoms with Gasteiger partial charge in [-0.2, -0.15) is 0 Å². The minimum Gasteiger partial charge on any atom is -0.496 e. The minimum absolute atomic E-state index is 0.00827. The molecule has 0 unspecified atom stereocenters. The molecule has 0 bridgehead atoms. The normalized spacial score (nSPS) is 14.6. The van der Waals surface area contributed by atoms with Crippen LogP contribution in [0.1, 0.15) is 15.9 Å². The number of amides is 1. The van der Waals surface area contributed by atoms with Crippen LogP contribution in [0.25, 0.3) is 0 Å². The molecule has 1 heterocycles. The average Bonchev–Trinajstić information content (AvgIpc) is 2.61. The average molecular weight is 328 g/mol. The third-order valence-corrected chi connectivity index (χ3v) is 4.40. The van der Waals surface area contributed by atoms with E-state index in [1.165, 1.54) is 6.07 Å². The van der Waals surface area contributed by atoms with E-state index in [2.05, 4.69) is 0 Å². The topological polar surface area (TPSA) is 32.8 Å². The van der Waals surface area contributed by atoms with Gasteiger partial charge in [0.2, 0.25) is 0 Å². The number of hydrogen-bond donors (Lipinski definition) is 0. The maximum absolute atomic E-state index is 13.9. The molecule has 0 aliphatic carbocycles. The molecular formula is C19H21FN2O2. The second kappa shape index (κ2) is 6.91. The summed E-state index contributed by atoms with van der Waals surface area (Å²) in [5.41, 5.74) is 2.20. The Bertz CT molecular complexity index is 740. The standard InChI is InChI=1S/C19H21FN2O2/c1-14-13-15(7-8-18(14)24-2)19(23)22-11-9-21(10-12-22)17-6-4-3-5-16(17)20/h3-8,13H,9-12H2,1-2H3. The highest BCUT2D eigenvalue weighted by molar-refractivity contribution is 5.94. The van der Waals surface area contributed by atoms with Gasteiger partial charge in [-0.25, -0.2) is 4.39 Å². The molecule has 0 N–H and O–H groups in total. The Morgan fingerprint density at radius 2 is 1.79 bits per heavy atom. The number of piperazine rings is 1. The molecule has 5 heteroatoms. The number of aryl methyl sites for hydroxylation is 1. The summed E-state index contributed by atoms with van der Waals surface area (Å²) in [5.74, 6) is 0.563. The molecular weight excluding hydrogens is 307 g/mol. The fourth-order valence-electron chi connectivity index (χ4n) is 3.05. The first-order chi connectivity index (χ1) is 11.6. The summed E-state index contributed by atoms with van der Waals surface area (Å²) in [5, 5.41) is 0. The van der Waals surface area contributed by atoms with E-state index in [9.17, 15) is 9.18 Å². The molecule has 1 saturated heterocycles. The van der Waals surface area contributed by atoms with Gasteiger partial charge in [0, 0.05) is 31.7 Å². The van der Waals surface area contributed by atoms with E-state index in [-0.39, 0.29) is 11.7 Å². The van der Waals surface area contributed by atoms with Gasteiger partial charge >= 0.3 is 0 Å². The van der Waals surface area contributed by atoms with Gasteiger partial charge < -0.3 is 14.5 Å². The Hall–Kier alpha value is -2.56. The zero-order chi connectivity index (χ0) is 17.1. The third-order valence-electron chi connectivity index (χ3n) is 4.40. The van der Waals surface area contributed by atoms with Crippen molar-refractivity contribution in [2.24, 2.45) is 0 Å². The van der Waals surface area contributed by atoms with E-state index in [1.807, 2.05) is 34.9 Å². The molecule has 2 aromatic carbocycles. The van der Waals surface area contributed by atoms with Crippen molar-refractivity contribution in [3.8, 4) is 5.75 Å². The first-order valence-corrected chi connectivity index (χ1v) is 8.03. The molecule has 2 aromatic rings. The number of para-hydroxylation sites is 1. The van der Waals surface area contributed by atoms with Crippen molar-refractivity contribution in [1.82, 2.24) is 4.90 Å². The summed E-state index contributed by atoms with van der Waals surface area (Å²) in [6.07, 6.45) is 0. The third kappa shape index (κ3) is 3.20. The van der Waals surface area contributed by atoms with Gasteiger partial charge in [-0.1, -0.05) is 12.1 Å². The molecule has 0 spiro atoms. The van der Waals surface area contributed by atoms with Crippen LogP contribution >= 0.6 is 0 Å². The van der Waals surface area contributed by atoms with Crippen molar-refractivity contribution in [2.75, 3.05) is 38.2 Å². The van der Waals surface area contributed by atoms with Crippen molar-refractivity contribution in [3.05, 3.63) is 59.4 Å². The van der Waals surface area contributed by atoms with E-state index in [1.54, 1.807) is 25.3 Å². The first kappa shape index (κ1) is 16.3. The molecule has 24 heavy (non-hydrogen) atoms. The van der Waals surface area contributed by atoms with Gasteiger partial charge in [-0.15, -0.1) is 0 Å². The van der Waals surface area contributed by atoms with Crippen LogP contribution in [0, 0.1) is 12.7 Å². The monoisotopic (exact) mass is 328 g/mol. The van der Waals surface area contributed by atoms with E-state index < -0.39 is 0 Å². The van der Waals surface area contributed by atoms with Crippen molar-refractivity contribution >= 4 is 11.6 Å². The fraction of sp³-hybridized carbons (Fsp3) is 0.316. The largest absolute Gasteiger partial charge is 0.496 e. The van der Waals surface area contributed by atoms with Crippen molar-refractivity contribution in [2.45, 2.75) is 6.92 Å². The highest BCUT2D eigenvalue weighted by atomic mass is 19.1. The quantitative estimate of drug-likeness (QED) is 0.868. The number of carbonyl (C=O) groups is 1. The molecule has 1 amide bonds. The number of methoxy groups -OCH3 is 1. The van der Waals surface area contributed by atoms with Gasteiger partial charge in [-0.3, -0.25) is 4.79 Å². The molecule has 0 atom stereocenters. The Morgan fingerprint density at radius 3 is 2.42 bits per heavy atom. The minimum atomic E-state index is -0.219. The summed E-state index contributed by atoms with van der Waals surface area (Å²) in [4.78, 5) is 16.5. The number of anilines is 1. The number of ether oxygens (including phenoxy) is 1. The molecule has 0 saturated carbocycles.